The lowest BCUT2D eigenvalue weighted by Gasteiger charge is -2.09. The molecule has 0 unspecified atom stereocenters. The van der Waals surface area contributed by atoms with Gasteiger partial charge in [-0.3, -0.25) is 0 Å². The van der Waals surface area contributed by atoms with Crippen molar-refractivity contribution < 1.29 is 0 Å². The molecule has 0 bridgehead atoms. The van der Waals surface area contributed by atoms with Gasteiger partial charge < -0.3 is 4.57 Å². The van der Waals surface area contributed by atoms with Gasteiger partial charge in [0.1, 0.15) is 11.9 Å². The highest BCUT2D eigenvalue weighted by atomic mass is 15.1. The van der Waals surface area contributed by atoms with Gasteiger partial charge in [0.2, 0.25) is 0 Å². The molecule has 3 nitrogen and oxygen atoms in total. The zero-order chi connectivity index (χ0) is 12.3. The molecule has 0 atom stereocenters. The Bertz CT molecular complexity index is 561. The van der Waals surface area contributed by atoms with E-state index in [2.05, 4.69) is 18.0 Å². The van der Waals surface area contributed by atoms with Crippen molar-refractivity contribution in [3.8, 4) is 11.8 Å². The number of aromatic nitrogens is 2. The van der Waals surface area contributed by atoms with Crippen LogP contribution in [-0.2, 0) is 6.42 Å². The number of nitriles is 1. The van der Waals surface area contributed by atoms with Gasteiger partial charge in [-0.25, -0.2) is 4.98 Å². The van der Waals surface area contributed by atoms with E-state index >= 15 is 0 Å². The number of hydrogen-bond donors (Lipinski definition) is 0. The molecule has 2 rings (SSSR count). The summed E-state index contributed by atoms with van der Waals surface area (Å²) in [5.74, 6) is 1.01. The number of aryl methyl sites for hydroxylation is 2. The fraction of sp³-hybridized carbons (Fsp3) is 0.286. The van der Waals surface area contributed by atoms with Crippen LogP contribution in [0.3, 0.4) is 0 Å². The van der Waals surface area contributed by atoms with Gasteiger partial charge in [-0.1, -0.05) is 13.0 Å². The van der Waals surface area contributed by atoms with E-state index in [1.807, 2.05) is 35.9 Å². The van der Waals surface area contributed by atoms with Gasteiger partial charge in [0.15, 0.2) is 0 Å². The van der Waals surface area contributed by atoms with Crippen LogP contribution in [0.15, 0.2) is 30.6 Å². The van der Waals surface area contributed by atoms with Crippen molar-refractivity contribution >= 4 is 0 Å². The largest absolute Gasteiger partial charge is 0.302 e. The second-order valence-corrected chi connectivity index (χ2v) is 4.10. The summed E-state index contributed by atoms with van der Waals surface area (Å²) in [4.78, 5) is 4.34. The maximum absolute atomic E-state index is 9.15. The number of rotatable bonds is 3. The van der Waals surface area contributed by atoms with Crippen LogP contribution in [0.4, 0.5) is 0 Å². The fourth-order valence-corrected chi connectivity index (χ4v) is 1.90. The van der Waals surface area contributed by atoms with Gasteiger partial charge in [-0.2, -0.15) is 5.26 Å². The first-order chi connectivity index (χ1) is 8.26. The van der Waals surface area contributed by atoms with Crippen LogP contribution in [-0.4, -0.2) is 9.55 Å². The van der Waals surface area contributed by atoms with Crippen LogP contribution in [0.2, 0.25) is 0 Å². The topological polar surface area (TPSA) is 41.6 Å². The van der Waals surface area contributed by atoms with Crippen molar-refractivity contribution in [2.45, 2.75) is 26.7 Å². The monoisotopic (exact) mass is 225 g/mol. The maximum Gasteiger partial charge on any atom is 0.113 e. The van der Waals surface area contributed by atoms with Crippen molar-refractivity contribution in [2.75, 3.05) is 0 Å². The normalized spacial score (nSPS) is 10.2. The first-order valence-electron chi connectivity index (χ1n) is 5.79. The number of hydrogen-bond acceptors (Lipinski definition) is 2. The zero-order valence-corrected chi connectivity index (χ0v) is 10.1. The Morgan fingerprint density at radius 2 is 2.24 bits per heavy atom. The summed E-state index contributed by atoms with van der Waals surface area (Å²) >= 11 is 0. The molecule has 86 valence electrons. The molecule has 1 heterocycles. The summed E-state index contributed by atoms with van der Waals surface area (Å²) < 4.78 is 2.01. The number of benzene rings is 1. The summed E-state index contributed by atoms with van der Waals surface area (Å²) in [7, 11) is 0. The maximum atomic E-state index is 9.15. The van der Waals surface area contributed by atoms with Gasteiger partial charge in [0.05, 0.1) is 11.3 Å². The van der Waals surface area contributed by atoms with Crippen molar-refractivity contribution in [3.05, 3.63) is 47.5 Å². The van der Waals surface area contributed by atoms with E-state index in [0.29, 0.717) is 5.56 Å². The quantitative estimate of drug-likeness (QED) is 0.805. The fourth-order valence-electron chi connectivity index (χ4n) is 1.90. The van der Waals surface area contributed by atoms with E-state index in [4.69, 9.17) is 5.26 Å². The Morgan fingerprint density at radius 3 is 2.94 bits per heavy atom. The molecule has 0 amide bonds. The molecule has 0 spiro atoms. The van der Waals surface area contributed by atoms with Crippen LogP contribution < -0.4 is 0 Å². The second kappa shape index (κ2) is 4.84. The SMILES string of the molecule is CCCc1nccn1-c1cc(C)ccc1C#N. The Hall–Kier alpha value is -2.08. The first kappa shape index (κ1) is 11.4. The van der Waals surface area contributed by atoms with Gasteiger partial charge in [0, 0.05) is 18.8 Å². The standard InChI is InChI=1S/C14H15N3/c1-3-4-14-16-7-8-17(14)13-9-11(2)5-6-12(13)10-15/h5-9H,3-4H2,1-2H3. The van der Waals surface area contributed by atoms with Gasteiger partial charge in [-0.05, 0) is 31.0 Å². The van der Waals surface area contributed by atoms with Gasteiger partial charge >= 0.3 is 0 Å². The highest BCUT2D eigenvalue weighted by molar-refractivity contribution is 5.51. The van der Waals surface area contributed by atoms with E-state index in [-0.39, 0.29) is 0 Å². The average molecular weight is 225 g/mol. The molecule has 0 radical (unpaired) electrons. The van der Waals surface area contributed by atoms with Crippen molar-refractivity contribution in [3.63, 3.8) is 0 Å². The van der Waals surface area contributed by atoms with Crippen molar-refractivity contribution in [1.82, 2.24) is 9.55 Å². The van der Waals surface area contributed by atoms with Crippen molar-refractivity contribution in [2.24, 2.45) is 0 Å². The van der Waals surface area contributed by atoms with Gasteiger partial charge in [-0.15, -0.1) is 0 Å². The van der Waals surface area contributed by atoms with Crippen molar-refractivity contribution in [1.29, 1.82) is 5.26 Å². The minimum absolute atomic E-state index is 0.686. The third-order valence-corrected chi connectivity index (χ3v) is 2.72. The highest BCUT2D eigenvalue weighted by Gasteiger charge is 2.08. The molecule has 0 saturated heterocycles. The Morgan fingerprint density at radius 1 is 1.41 bits per heavy atom. The molecule has 1 aromatic carbocycles. The smallest absolute Gasteiger partial charge is 0.113 e. The highest BCUT2D eigenvalue weighted by Crippen LogP contribution is 2.18. The van der Waals surface area contributed by atoms with E-state index < -0.39 is 0 Å². The lowest BCUT2D eigenvalue weighted by atomic mass is 10.1. The minimum Gasteiger partial charge on any atom is -0.302 e. The van der Waals surface area contributed by atoms with E-state index in [1.54, 1.807) is 6.20 Å². The molecular formula is C14H15N3. The lowest BCUT2D eigenvalue weighted by molar-refractivity contribution is 0.808. The molecular weight excluding hydrogens is 210 g/mol. The minimum atomic E-state index is 0.686. The molecule has 3 heteroatoms. The van der Waals surface area contributed by atoms with Crippen LogP contribution in [0, 0.1) is 18.3 Å². The predicted octanol–water partition coefficient (Wildman–Crippen LogP) is 3.00. The number of nitrogens with zero attached hydrogens (tertiary/aromatic N) is 3. The van der Waals surface area contributed by atoms with Crippen LogP contribution >= 0.6 is 0 Å². The third kappa shape index (κ3) is 2.21. The van der Waals surface area contributed by atoms with Crippen LogP contribution in [0.1, 0.15) is 30.3 Å². The predicted molar refractivity (Wildman–Crippen MR) is 67.0 cm³/mol. The molecule has 0 aliphatic heterocycles. The molecule has 17 heavy (non-hydrogen) atoms. The molecule has 0 fully saturated rings. The summed E-state index contributed by atoms with van der Waals surface area (Å²) in [5, 5.41) is 9.15. The van der Waals surface area contributed by atoms with Crippen LogP contribution in [0.5, 0.6) is 0 Å². The van der Waals surface area contributed by atoms with E-state index in [9.17, 15) is 0 Å². The molecule has 0 aliphatic rings. The van der Waals surface area contributed by atoms with E-state index in [1.165, 1.54) is 0 Å². The van der Waals surface area contributed by atoms with E-state index in [0.717, 1.165) is 29.9 Å². The molecule has 1 aromatic heterocycles. The summed E-state index contributed by atoms with van der Waals surface area (Å²) in [6, 6.07) is 8.08. The Labute approximate surface area is 101 Å². The summed E-state index contributed by atoms with van der Waals surface area (Å²) in [6.45, 7) is 4.15. The molecule has 2 aromatic rings. The molecule has 0 aliphatic carbocycles. The molecule has 0 saturated carbocycles. The summed E-state index contributed by atoms with van der Waals surface area (Å²) in [5.41, 5.74) is 2.76. The first-order valence-corrected chi connectivity index (χ1v) is 5.79. The second-order valence-electron chi connectivity index (χ2n) is 4.10. The summed E-state index contributed by atoms with van der Waals surface area (Å²) in [6.07, 6.45) is 5.67. The number of imidazole rings is 1. The Kier molecular flexibility index (Phi) is 3.24. The molecule has 0 N–H and O–H groups in total. The lowest BCUT2D eigenvalue weighted by Crippen LogP contribution is -2.02. The Balaban J connectivity index is 2.56. The zero-order valence-electron chi connectivity index (χ0n) is 10.1. The third-order valence-electron chi connectivity index (χ3n) is 2.72. The average Bonchev–Trinajstić information content (AvgIpc) is 2.77. The van der Waals surface area contributed by atoms with Crippen LogP contribution in [0.25, 0.3) is 5.69 Å². The van der Waals surface area contributed by atoms with Gasteiger partial charge in [0.25, 0.3) is 0 Å².